The second kappa shape index (κ2) is 5.89. The van der Waals surface area contributed by atoms with E-state index in [-0.39, 0.29) is 0 Å². The zero-order chi connectivity index (χ0) is 13.8. The first-order chi connectivity index (χ1) is 9.17. The van der Waals surface area contributed by atoms with Crippen molar-refractivity contribution in [2.24, 2.45) is 0 Å². The number of hydrogen-bond acceptors (Lipinski definition) is 2. The van der Waals surface area contributed by atoms with Crippen LogP contribution in [0, 0.1) is 6.92 Å². The molecule has 1 unspecified atom stereocenters. The number of ether oxygens (including phenoxy) is 1. The highest BCUT2D eigenvalue weighted by molar-refractivity contribution is 5.71. The molecule has 2 aromatic carbocycles. The number of benzene rings is 2. The van der Waals surface area contributed by atoms with Crippen molar-refractivity contribution in [3.63, 3.8) is 0 Å². The fourth-order valence-corrected chi connectivity index (χ4v) is 2.34. The standard InChI is InChI=1S/C17H21NO/c1-12-11-14(19-4)9-10-15(12)17-8-6-5-7-16(17)13(2)18-3/h5-11,13,18H,1-4H3. The summed E-state index contributed by atoms with van der Waals surface area (Å²) in [5, 5.41) is 3.31. The van der Waals surface area contributed by atoms with Crippen LogP contribution >= 0.6 is 0 Å². The van der Waals surface area contributed by atoms with Crippen molar-refractivity contribution in [2.75, 3.05) is 14.2 Å². The molecule has 0 aliphatic rings. The van der Waals surface area contributed by atoms with Crippen LogP contribution in [-0.4, -0.2) is 14.2 Å². The largest absolute Gasteiger partial charge is 0.497 e. The molecule has 0 aromatic heterocycles. The van der Waals surface area contributed by atoms with Crippen molar-refractivity contribution in [2.45, 2.75) is 19.9 Å². The van der Waals surface area contributed by atoms with Gasteiger partial charge in [-0.25, -0.2) is 0 Å². The number of rotatable bonds is 4. The van der Waals surface area contributed by atoms with Gasteiger partial charge < -0.3 is 10.1 Å². The van der Waals surface area contributed by atoms with Crippen LogP contribution < -0.4 is 10.1 Å². The number of nitrogens with one attached hydrogen (secondary N) is 1. The first-order valence-electron chi connectivity index (χ1n) is 6.58. The van der Waals surface area contributed by atoms with Crippen LogP contribution in [0.5, 0.6) is 5.75 Å². The van der Waals surface area contributed by atoms with Gasteiger partial charge in [-0.3, -0.25) is 0 Å². The summed E-state index contributed by atoms with van der Waals surface area (Å²) < 4.78 is 5.27. The van der Waals surface area contributed by atoms with Crippen LogP contribution in [0.4, 0.5) is 0 Å². The molecule has 1 atom stereocenters. The Bertz CT molecular complexity index is 563. The summed E-state index contributed by atoms with van der Waals surface area (Å²) in [6, 6.07) is 15.1. The average molecular weight is 255 g/mol. The van der Waals surface area contributed by atoms with Crippen LogP contribution in [0.2, 0.25) is 0 Å². The van der Waals surface area contributed by atoms with E-state index in [2.05, 4.69) is 55.6 Å². The van der Waals surface area contributed by atoms with Crippen LogP contribution in [0.25, 0.3) is 11.1 Å². The topological polar surface area (TPSA) is 21.3 Å². The van der Waals surface area contributed by atoms with E-state index in [1.54, 1.807) is 7.11 Å². The molecule has 0 aliphatic carbocycles. The Morgan fingerprint density at radius 2 is 1.79 bits per heavy atom. The van der Waals surface area contributed by atoms with Crippen molar-refractivity contribution in [1.82, 2.24) is 5.32 Å². The monoisotopic (exact) mass is 255 g/mol. The second-order valence-electron chi connectivity index (χ2n) is 4.78. The van der Waals surface area contributed by atoms with Crippen molar-refractivity contribution in [3.8, 4) is 16.9 Å². The summed E-state index contributed by atoms with van der Waals surface area (Å²) in [5.74, 6) is 0.903. The third-order valence-electron chi connectivity index (χ3n) is 3.58. The van der Waals surface area contributed by atoms with Gasteiger partial charge in [0.1, 0.15) is 5.75 Å². The molecule has 1 N–H and O–H groups in total. The maximum Gasteiger partial charge on any atom is 0.119 e. The zero-order valence-corrected chi connectivity index (χ0v) is 12.0. The third-order valence-corrected chi connectivity index (χ3v) is 3.58. The van der Waals surface area contributed by atoms with E-state index in [1.165, 1.54) is 22.3 Å². The lowest BCUT2D eigenvalue weighted by molar-refractivity contribution is 0.414. The van der Waals surface area contributed by atoms with Crippen molar-refractivity contribution in [3.05, 3.63) is 53.6 Å². The summed E-state index contributed by atoms with van der Waals surface area (Å²) >= 11 is 0. The van der Waals surface area contributed by atoms with Gasteiger partial charge in [-0.2, -0.15) is 0 Å². The van der Waals surface area contributed by atoms with Gasteiger partial charge >= 0.3 is 0 Å². The molecular formula is C17H21NO. The fourth-order valence-electron chi connectivity index (χ4n) is 2.34. The van der Waals surface area contributed by atoms with E-state index in [0.29, 0.717) is 6.04 Å². The summed E-state index contributed by atoms with van der Waals surface area (Å²) in [6.45, 7) is 4.30. The van der Waals surface area contributed by atoms with Crippen LogP contribution in [-0.2, 0) is 0 Å². The minimum atomic E-state index is 0.331. The van der Waals surface area contributed by atoms with E-state index in [1.807, 2.05) is 13.1 Å². The number of aryl methyl sites for hydroxylation is 1. The number of hydrogen-bond donors (Lipinski definition) is 1. The average Bonchev–Trinajstić information content (AvgIpc) is 2.46. The minimum Gasteiger partial charge on any atom is -0.497 e. The predicted octanol–water partition coefficient (Wildman–Crippen LogP) is 3.95. The molecule has 2 rings (SSSR count). The van der Waals surface area contributed by atoms with Crippen molar-refractivity contribution in [1.29, 1.82) is 0 Å². The highest BCUT2D eigenvalue weighted by Gasteiger charge is 2.11. The summed E-state index contributed by atoms with van der Waals surface area (Å²) in [7, 11) is 3.69. The van der Waals surface area contributed by atoms with Gasteiger partial charge in [-0.05, 0) is 55.3 Å². The van der Waals surface area contributed by atoms with Gasteiger partial charge in [0.2, 0.25) is 0 Å². The summed E-state index contributed by atoms with van der Waals surface area (Å²) in [6.07, 6.45) is 0. The van der Waals surface area contributed by atoms with E-state index in [9.17, 15) is 0 Å². The summed E-state index contributed by atoms with van der Waals surface area (Å²) in [4.78, 5) is 0. The van der Waals surface area contributed by atoms with E-state index in [0.717, 1.165) is 5.75 Å². The van der Waals surface area contributed by atoms with Gasteiger partial charge in [-0.1, -0.05) is 30.3 Å². The van der Waals surface area contributed by atoms with E-state index in [4.69, 9.17) is 4.74 Å². The molecule has 2 aromatic rings. The zero-order valence-electron chi connectivity index (χ0n) is 12.0. The molecule has 2 heteroatoms. The van der Waals surface area contributed by atoms with Crippen molar-refractivity contribution < 1.29 is 4.74 Å². The lowest BCUT2D eigenvalue weighted by atomic mass is 9.93. The molecule has 0 saturated heterocycles. The molecular weight excluding hydrogens is 234 g/mol. The van der Waals surface area contributed by atoms with Crippen LogP contribution in [0.3, 0.4) is 0 Å². The first-order valence-corrected chi connectivity index (χ1v) is 6.58. The van der Waals surface area contributed by atoms with Gasteiger partial charge in [0.25, 0.3) is 0 Å². The van der Waals surface area contributed by atoms with Gasteiger partial charge in [-0.15, -0.1) is 0 Å². The van der Waals surface area contributed by atoms with Gasteiger partial charge in [0.05, 0.1) is 7.11 Å². The van der Waals surface area contributed by atoms with Crippen LogP contribution in [0.15, 0.2) is 42.5 Å². The Morgan fingerprint density at radius 1 is 1.05 bits per heavy atom. The quantitative estimate of drug-likeness (QED) is 0.893. The summed E-state index contributed by atoms with van der Waals surface area (Å²) in [5.41, 5.74) is 5.09. The lowest BCUT2D eigenvalue weighted by Gasteiger charge is -2.17. The normalized spacial score (nSPS) is 12.2. The molecule has 0 radical (unpaired) electrons. The lowest BCUT2D eigenvalue weighted by Crippen LogP contribution is -2.13. The smallest absolute Gasteiger partial charge is 0.119 e. The molecule has 0 amide bonds. The SMILES string of the molecule is CNC(C)c1ccccc1-c1ccc(OC)cc1C. The molecule has 0 aliphatic heterocycles. The molecule has 0 fully saturated rings. The Kier molecular flexibility index (Phi) is 4.23. The first kappa shape index (κ1) is 13.6. The molecule has 19 heavy (non-hydrogen) atoms. The van der Waals surface area contributed by atoms with Gasteiger partial charge in [0, 0.05) is 6.04 Å². The molecule has 100 valence electrons. The Balaban J connectivity index is 2.53. The Hall–Kier alpha value is -1.80. The maximum absolute atomic E-state index is 5.27. The Labute approximate surface area is 115 Å². The number of methoxy groups -OCH3 is 1. The molecule has 0 saturated carbocycles. The van der Waals surface area contributed by atoms with Crippen molar-refractivity contribution >= 4 is 0 Å². The van der Waals surface area contributed by atoms with Crippen LogP contribution in [0.1, 0.15) is 24.1 Å². The molecule has 2 nitrogen and oxygen atoms in total. The van der Waals surface area contributed by atoms with E-state index < -0.39 is 0 Å². The Morgan fingerprint density at radius 3 is 2.42 bits per heavy atom. The molecule has 0 heterocycles. The minimum absolute atomic E-state index is 0.331. The second-order valence-corrected chi connectivity index (χ2v) is 4.78. The van der Waals surface area contributed by atoms with E-state index >= 15 is 0 Å². The molecule has 0 spiro atoms. The highest BCUT2D eigenvalue weighted by Crippen LogP contribution is 2.32. The maximum atomic E-state index is 5.27. The van der Waals surface area contributed by atoms with Gasteiger partial charge in [0.15, 0.2) is 0 Å². The molecule has 0 bridgehead atoms. The fraction of sp³-hybridized carbons (Fsp3) is 0.294. The highest BCUT2D eigenvalue weighted by atomic mass is 16.5. The predicted molar refractivity (Wildman–Crippen MR) is 80.6 cm³/mol. The third kappa shape index (κ3) is 2.79.